The largest absolute Gasteiger partial charge is 0.495 e. The van der Waals surface area contributed by atoms with Gasteiger partial charge in [-0.2, -0.15) is 4.98 Å². The van der Waals surface area contributed by atoms with Gasteiger partial charge in [-0.15, -0.1) is 0 Å². The van der Waals surface area contributed by atoms with Gasteiger partial charge in [-0.05, 0) is 19.1 Å². The number of hydrogen-bond acceptors (Lipinski definition) is 7. The molecule has 1 aromatic heterocycles. The molecule has 154 valence electrons. The van der Waals surface area contributed by atoms with Crippen LogP contribution >= 0.6 is 0 Å². The van der Waals surface area contributed by atoms with E-state index in [1.807, 2.05) is 41.0 Å². The fraction of sp³-hybridized carbons (Fsp3) is 0.400. The summed E-state index contributed by atoms with van der Waals surface area (Å²) in [6, 6.07) is 7.47. The van der Waals surface area contributed by atoms with Crippen LogP contribution in [0.3, 0.4) is 0 Å². The van der Waals surface area contributed by atoms with Crippen LogP contribution < -0.4 is 20.3 Å². The molecule has 0 bridgehead atoms. The zero-order valence-corrected chi connectivity index (χ0v) is 17.1. The Morgan fingerprint density at radius 2 is 2.00 bits per heavy atom. The van der Waals surface area contributed by atoms with E-state index < -0.39 is 0 Å². The van der Waals surface area contributed by atoms with Crippen molar-refractivity contribution in [1.82, 2.24) is 20.2 Å². The van der Waals surface area contributed by atoms with E-state index in [2.05, 4.69) is 20.6 Å². The molecule has 1 aliphatic rings. The van der Waals surface area contributed by atoms with Gasteiger partial charge in [0.05, 0.1) is 12.8 Å². The smallest absolute Gasteiger partial charge is 0.256 e. The third-order valence-corrected chi connectivity index (χ3v) is 4.94. The molecule has 2 N–H and O–H groups in total. The van der Waals surface area contributed by atoms with Crippen molar-refractivity contribution in [2.45, 2.75) is 19.9 Å². The van der Waals surface area contributed by atoms with E-state index in [1.165, 1.54) is 6.20 Å². The molecule has 0 aliphatic carbocycles. The number of benzene rings is 1. The number of anilines is 3. The van der Waals surface area contributed by atoms with Crippen LogP contribution in [0.5, 0.6) is 5.75 Å². The molecule has 1 saturated heterocycles. The van der Waals surface area contributed by atoms with Crippen LogP contribution in [0.2, 0.25) is 0 Å². The number of hydrogen-bond donors (Lipinski definition) is 2. The lowest BCUT2D eigenvalue weighted by Crippen LogP contribution is -2.53. The quantitative estimate of drug-likeness (QED) is 0.790. The SMILES string of the molecule is CNC(=O)c1cnc(N2CCN(C(C)=O)CC2C)nc1Nc1ccccc1OC. The minimum absolute atomic E-state index is 0.0533. The summed E-state index contributed by atoms with van der Waals surface area (Å²) in [5.74, 6) is 1.30. The van der Waals surface area contributed by atoms with Gasteiger partial charge in [0, 0.05) is 45.8 Å². The Labute approximate surface area is 170 Å². The lowest BCUT2D eigenvalue weighted by molar-refractivity contribution is -0.129. The van der Waals surface area contributed by atoms with Gasteiger partial charge >= 0.3 is 0 Å². The highest BCUT2D eigenvalue weighted by Gasteiger charge is 2.28. The van der Waals surface area contributed by atoms with Gasteiger partial charge in [-0.25, -0.2) is 4.98 Å². The summed E-state index contributed by atoms with van der Waals surface area (Å²) in [6.45, 7) is 5.43. The first kappa shape index (κ1) is 20.4. The maximum absolute atomic E-state index is 12.3. The number of para-hydroxylation sites is 2. The zero-order valence-electron chi connectivity index (χ0n) is 17.1. The summed E-state index contributed by atoms with van der Waals surface area (Å²) in [7, 11) is 3.15. The van der Waals surface area contributed by atoms with Crippen molar-refractivity contribution in [2.75, 3.05) is 44.0 Å². The van der Waals surface area contributed by atoms with E-state index in [-0.39, 0.29) is 17.9 Å². The molecule has 1 unspecified atom stereocenters. The lowest BCUT2D eigenvalue weighted by Gasteiger charge is -2.39. The molecule has 2 aromatic rings. The van der Waals surface area contributed by atoms with Crippen LogP contribution in [-0.4, -0.2) is 66.5 Å². The highest BCUT2D eigenvalue weighted by atomic mass is 16.5. The molecule has 0 saturated carbocycles. The summed E-state index contributed by atoms with van der Waals surface area (Å²) >= 11 is 0. The van der Waals surface area contributed by atoms with Crippen LogP contribution in [-0.2, 0) is 4.79 Å². The first-order valence-corrected chi connectivity index (χ1v) is 9.46. The summed E-state index contributed by atoms with van der Waals surface area (Å²) in [5, 5.41) is 5.81. The molecule has 9 nitrogen and oxygen atoms in total. The molecule has 2 heterocycles. The third-order valence-electron chi connectivity index (χ3n) is 4.94. The molecular weight excluding hydrogens is 372 g/mol. The number of nitrogens with one attached hydrogen (secondary N) is 2. The van der Waals surface area contributed by atoms with E-state index in [0.29, 0.717) is 48.4 Å². The van der Waals surface area contributed by atoms with E-state index >= 15 is 0 Å². The Hall–Kier alpha value is -3.36. The van der Waals surface area contributed by atoms with Crippen molar-refractivity contribution >= 4 is 29.3 Å². The Morgan fingerprint density at radius 3 is 2.66 bits per heavy atom. The number of amides is 2. The Morgan fingerprint density at radius 1 is 1.24 bits per heavy atom. The van der Waals surface area contributed by atoms with Gasteiger partial charge in [-0.1, -0.05) is 12.1 Å². The van der Waals surface area contributed by atoms with Gasteiger partial charge in [0.1, 0.15) is 17.1 Å². The summed E-state index contributed by atoms with van der Waals surface area (Å²) < 4.78 is 5.39. The van der Waals surface area contributed by atoms with Gasteiger partial charge in [0.2, 0.25) is 11.9 Å². The Bertz CT molecular complexity index is 904. The molecule has 0 spiro atoms. The molecule has 29 heavy (non-hydrogen) atoms. The van der Waals surface area contributed by atoms with Gasteiger partial charge < -0.3 is 25.2 Å². The van der Waals surface area contributed by atoms with Crippen molar-refractivity contribution in [3.05, 3.63) is 36.0 Å². The fourth-order valence-electron chi connectivity index (χ4n) is 3.32. The second kappa shape index (κ2) is 8.76. The second-order valence-corrected chi connectivity index (χ2v) is 6.84. The first-order chi connectivity index (χ1) is 13.9. The summed E-state index contributed by atoms with van der Waals surface area (Å²) in [6.07, 6.45) is 1.52. The zero-order chi connectivity index (χ0) is 21.0. The molecule has 1 fully saturated rings. The highest BCUT2D eigenvalue weighted by Crippen LogP contribution is 2.29. The lowest BCUT2D eigenvalue weighted by atomic mass is 10.2. The van der Waals surface area contributed by atoms with Gasteiger partial charge in [0.25, 0.3) is 5.91 Å². The van der Waals surface area contributed by atoms with E-state index in [0.717, 1.165) is 0 Å². The maximum Gasteiger partial charge on any atom is 0.256 e. The molecule has 2 amide bonds. The summed E-state index contributed by atoms with van der Waals surface area (Å²) in [4.78, 5) is 36.9. The Kier molecular flexibility index (Phi) is 6.16. The van der Waals surface area contributed by atoms with Crippen LogP contribution in [0.4, 0.5) is 17.5 Å². The first-order valence-electron chi connectivity index (χ1n) is 9.46. The van der Waals surface area contributed by atoms with Crippen molar-refractivity contribution in [1.29, 1.82) is 0 Å². The van der Waals surface area contributed by atoms with Gasteiger partial charge in [-0.3, -0.25) is 9.59 Å². The summed E-state index contributed by atoms with van der Waals surface area (Å²) in [5.41, 5.74) is 1.02. The molecule has 0 radical (unpaired) electrons. The average Bonchev–Trinajstić information content (AvgIpc) is 2.73. The number of piperazine rings is 1. The molecule has 1 aliphatic heterocycles. The van der Waals surface area contributed by atoms with E-state index in [4.69, 9.17) is 4.74 Å². The monoisotopic (exact) mass is 398 g/mol. The van der Waals surface area contributed by atoms with E-state index in [1.54, 1.807) is 21.1 Å². The standard InChI is InChI=1S/C20H26N6O3/c1-13-12-25(14(2)27)9-10-26(13)20-22-11-15(19(28)21-3)18(24-20)23-16-7-5-6-8-17(16)29-4/h5-8,11,13H,9-10,12H2,1-4H3,(H,21,28)(H,22,23,24). The fourth-order valence-corrected chi connectivity index (χ4v) is 3.32. The topological polar surface area (TPSA) is 99.7 Å². The van der Waals surface area contributed by atoms with Crippen molar-refractivity contribution in [3.63, 3.8) is 0 Å². The third kappa shape index (κ3) is 4.39. The minimum atomic E-state index is -0.289. The number of rotatable bonds is 5. The number of ether oxygens (including phenoxy) is 1. The van der Waals surface area contributed by atoms with Crippen LogP contribution in [0.15, 0.2) is 30.5 Å². The molecular formula is C20H26N6O3. The van der Waals surface area contributed by atoms with Crippen molar-refractivity contribution in [3.8, 4) is 5.75 Å². The molecule has 1 aromatic carbocycles. The normalized spacial score (nSPS) is 16.3. The minimum Gasteiger partial charge on any atom is -0.495 e. The van der Waals surface area contributed by atoms with Crippen LogP contribution in [0, 0.1) is 0 Å². The molecule has 1 atom stereocenters. The van der Waals surface area contributed by atoms with Crippen LogP contribution in [0.25, 0.3) is 0 Å². The number of carbonyl (C=O) groups is 2. The predicted molar refractivity (Wildman–Crippen MR) is 111 cm³/mol. The number of aromatic nitrogens is 2. The molecule has 9 heteroatoms. The van der Waals surface area contributed by atoms with Crippen molar-refractivity contribution < 1.29 is 14.3 Å². The number of nitrogens with zero attached hydrogens (tertiary/aromatic N) is 4. The van der Waals surface area contributed by atoms with Gasteiger partial charge in [0.15, 0.2) is 0 Å². The Balaban J connectivity index is 1.94. The average molecular weight is 398 g/mol. The number of carbonyl (C=O) groups excluding carboxylic acids is 2. The van der Waals surface area contributed by atoms with Crippen LogP contribution in [0.1, 0.15) is 24.2 Å². The second-order valence-electron chi connectivity index (χ2n) is 6.84. The predicted octanol–water partition coefficient (Wildman–Crippen LogP) is 1.65. The van der Waals surface area contributed by atoms with E-state index in [9.17, 15) is 9.59 Å². The highest BCUT2D eigenvalue weighted by molar-refractivity contribution is 5.99. The number of methoxy groups -OCH3 is 1. The van der Waals surface area contributed by atoms with Crippen molar-refractivity contribution in [2.24, 2.45) is 0 Å². The molecule has 3 rings (SSSR count). The maximum atomic E-state index is 12.3.